The number of nitrogens with one attached hydrogen (secondary N) is 1. The number of carboxylic acids is 3. The highest BCUT2D eigenvalue weighted by molar-refractivity contribution is 8.00. The summed E-state index contributed by atoms with van der Waals surface area (Å²) in [7, 11) is 0. The Balaban J connectivity index is 1.15. The second kappa shape index (κ2) is 16.0. The summed E-state index contributed by atoms with van der Waals surface area (Å²) in [5.41, 5.74) is 4.58. The van der Waals surface area contributed by atoms with Gasteiger partial charge in [0.1, 0.15) is 22.8 Å². The number of nitrogens with zero attached hydrogens (tertiary/aromatic N) is 5. The van der Waals surface area contributed by atoms with Crippen LogP contribution in [0.2, 0.25) is 0 Å². The van der Waals surface area contributed by atoms with Gasteiger partial charge in [-0.3, -0.25) is 38.7 Å². The lowest BCUT2D eigenvalue weighted by atomic mass is 9.74. The normalized spacial score (nSPS) is 22.5. The number of likely N-dealkylation sites (tertiary alicyclic amines) is 1. The van der Waals surface area contributed by atoms with E-state index in [0.717, 1.165) is 33.6 Å². The minimum Gasteiger partial charge on any atom is -0.504 e. The number of anilines is 1. The molecule has 4 aliphatic rings. The Morgan fingerprint density at radius 3 is 2.40 bits per heavy atom. The maximum absolute atomic E-state index is 13.6. The van der Waals surface area contributed by atoms with E-state index in [1.165, 1.54) is 23.2 Å². The van der Waals surface area contributed by atoms with Crippen molar-refractivity contribution in [3.05, 3.63) is 45.6 Å². The fourth-order valence-electron chi connectivity index (χ4n) is 7.58. The molecule has 8 N–H and O–H groups in total. The maximum Gasteiger partial charge on any atom is 0.352 e. The number of fused-ring (bicyclic) bond motifs is 2. The molecule has 2 fully saturated rings. The van der Waals surface area contributed by atoms with Gasteiger partial charge in [-0.2, -0.15) is 0 Å². The van der Waals surface area contributed by atoms with E-state index in [0.29, 0.717) is 37.9 Å². The van der Waals surface area contributed by atoms with E-state index in [1.807, 2.05) is 6.92 Å². The van der Waals surface area contributed by atoms with Crippen LogP contribution in [0.25, 0.3) is 0 Å². The Bertz CT molecular complexity index is 2110. The standard InChI is InChI=1S/C35H39N7O13S2/c1-3-6-35(14-41-28(48)16-4-5-19(43)26(46)22(16)29(41)49)7-9-40(10-8-35)12-17-15(2)57-31-24(30(50)42(31)25(17)33(53)54)38-27(47)23(18-13-56-34(36)37-18)39-55-20(32(51)52)11-21(44)45/h4-5,13,15,20,24,31,43,46H,3,6-12,14H2,1-2H3,(H2,36,37)(H,38,47)(H,44,45)(H,51,52)(H,53,54)/b39-23-/t15-,20-,24+,31+/m0/s1. The average molecular weight is 830 g/mol. The van der Waals surface area contributed by atoms with Crippen molar-refractivity contribution in [1.82, 2.24) is 25.0 Å². The van der Waals surface area contributed by atoms with Gasteiger partial charge in [-0.1, -0.05) is 18.5 Å². The molecule has 1 aromatic carbocycles. The van der Waals surface area contributed by atoms with Gasteiger partial charge in [0.15, 0.2) is 22.3 Å². The molecule has 4 amide bonds. The van der Waals surface area contributed by atoms with Gasteiger partial charge in [0, 0.05) is 23.7 Å². The Morgan fingerprint density at radius 2 is 1.81 bits per heavy atom. The van der Waals surface area contributed by atoms with Crippen molar-refractivity contribution < 1.29 is 63.9 Å². The molecule has 2 saturated heterocycles. The van der Waals surface area contributed by atoms with E-state index in [2.05, 4.69) is 20.4 Å². The van der Waals surface area contributed by atoms with Gasteiger partial charge in [-0.15, -0.1) is 23.1 Å². The van der Waals surface area contributed by atoms with Crippen LogP contribution in [0.15, 0.2) is 33.9 Å². The molecule has 5 heterocycles. The first-order chi connectivity index (χ1) is 27.0. The Morgan fingerprint density at radius 1 is 1.11 bits per heavy atom. The highest BCUT2D eigenvalue weighted by atomic mass is 32.2. The Hall–Kier alpha value is -5.74. The number of carbonyl (C=O) groups is 7. The van der Waals surface area contributed by atoms with Gasteiger partial charge in [-0.05, 0) is 62.4 Å². The number of aromatic nitrogens is 1. The smallest absolute Gasteiger partial charge is 0.352 e. The second-order valence-corrected chi connectivity index (χ2v) is 16.5. The molecule has 0 unspecified atom stereocenters. The Labute approximate surface area is 331 Å². The lowest BCUT2D eigenvalue weighted by Crippen LogP contribution is -2.71. The maximum atomic E-state index is 13.6. The van der Waals surface area contributed by atoms with Crippen molar-refractivity contribution in [3.8, 4) is 11.5 Å². The zero-order valence-corrected chi connectivity index (χ0v) is 32.2. The summed E-state index contributed by atoms with van der Waals surface area (Å²) in [6.45, 7) is 5.06. The highest BCUT2D eigenvalue weighted by Crippen LogP contribution is 2.46. The van der Waals surface area contributed by atoms with Crippen LogP contribution in [0, 0.1) is 5.41 Å². The zero-order valence-electron chi connectivity index (χ0n) is 30.5. The quantitative estimate of drug-likeness (QED) is 0.0434. The number of nitrogen functional groups attached to an aromatic ring is 1. The van der Waals surface area contributed by atoms with Gasteiger partial charge in [0.05, 0.1) is 17.5 Å². The topological polar surface area (TPSA) is 303 Å². The van der Waals surface area contributed by atoms with Crippen molar-refractivity contribution >= 4 is 75.5 Å². The summed E-state index contributed by atoms with van der Waals surface area (Å²) in [4.78, 5) is 102. The summed E-state index contributed by atoms with van der Waals surface area (Å²) < 4.78 is 0. The van der Waals surface area contributed by atoms with Crippen LogP contribution in [-0.2, 0) is 28.8 Å². The van der Waals surface area contributed by atoms with Crippen LogP contribution in [0.5, 0.6) is 11.5 Å². The lowest BCUT2D eigenvalue weighted by molar-refractivity contribution is -0.156. The number of amides is 4. The monoisotopic (exact) mass is 829 g/mol. The van der Waals surface area contributed by atoms with Crippen LogP contribution >= 0.6 is 23.1 Å². The van der Waals surface area contributed by atoms with Gasteiger partial charge in [0.2, 0.25) is 6.10 Å². The molecule has 6 rings (SSSR count). The molecular weight excluding hydrogens is 791 g/mol. The molecular formula is C35H39N7O13S2. The first kappa shape index (κ1) is 40.9. The summed E-state index contributed by atoms with van der Waals surface area (Å²) in [6.07, 6.45) is -0.357. The average Bonchev–Trinajstić information content (AvgIpc) is 3.69. The number of piperidine rings is 1. The van der Waals surface area contributed by atoms with E-state index >= 15 is 0 Å². The number of aliphatic carboxylic acids is 3. The summed E-state index contributed by atoms with van der Waals surface area (Å²) in [5.74, 6) is -8.62. The van der Waals surface area contributed by atoms with Crippen LogP contribution in [0.1, 0.15) is 72.4 Å². The number of benzene rings is 1. The molecule has 22 heteroatoms. The zero-order chi connectivity index (χ0) is 41.5. The third-order valence-electron chi connectivity index (χ3n) is 10.5. The minimum absolute atomic E-state index is 0.0195. The molecule has 4 aliphatic heterocycles. The van der Waals surface area contributed by atoms with Gasteiger partial charge in [0.25, 0.3) is 23.6 Å². The first-order valence-corrected chi connectivity index (χ1v) is 19.6. The number of thiazole rings is 1. The van der Waals surface area contributed by atoms with Crippen LogP contribution in [0.3, 0.4) is 0 Å². The fourth-order valence-corrected chi connectivity index (χ4v) is 9.57. The summed E-state index contributed by atoms with van der Waals surface area (Å²) >= 11 is 2.17. The summed E-state index contributed by atoms with van der Waals surface area (Å²) in [6, 6.07) is 1.25. The number of β-lactam (4-membered cyclic amide) rings is 1. The van der Waals surface area contributed by atoms with Crippen molar-refractivity contribution in [1.29, 1.82) is 0 Å². The molecule has 0 saturated carbocycles. The van der Waals surface area contributed by atoms with Crippen molar-refractivity contribution in [2.75, 3.05) is 31.9 Å². The predicted molar refractivity (Wildman–Crippen MR) is 200 cm³/mol. The third kappa shape index (κ3) is 7.83. The first-order valence-electron chi connectivity index (χ1n) is 17.8. The number of imide groups is 1. The molecule has 57 heavy (non-hydrogen) atoms. The number of rotatable bonds is 15. The number of thioether (sulfide) groups is 1. The molecule has 0 aliphatic carbocycles. The molecule has 304 valence electrons. The number of oxime groups is 1. The lowest BCUT2D eigenvalue weighted by Gasteiger charge is -2.51. The molecule has 0 radical (unpaired) electrons. The number of carboxylic acid groups (broad SMARTS) is 3. The molecule has 0 bridgehead atoms. The summed E-state index contributed by atoms with van der Waals surface area (Å²) in [5, 5.41) is 55.2. The Kier molecular flexibility index (Phi) is 11.5. The van der Waals surface area contributed by atoms with E-state index in [-0.39, 0.29) is 40.7 Å². The number of nitrogens with two attached hydrogens (primary N) is 1. The number of aromatic hydroxyl groups is 2. The largest absolute Gasteiger partial charge is 0.504 e. The number of phenolic OH excluding ortho intramolecular Hbond substituents is 2. The van der Waals surface area contributed by atoms with E-state index in [1.54, 1.807) is 6.92 Å². The number of carbonyl (C=O) groups excluding carboxylic acids is 4. The van der Waals surface area contributed by atoms with Crippen LogP contribution < -0.4 is 11.1 Å². The second-order valence-electron chi connectivity index (χ2n) is 14.1. The minimum atomic E-state index is -1.95. The predicted octanol–water partition coefficient (Wildman–Crippen LogP) is 1.09. The van der Waals surface area contributed by atoms with E-state index < -0.39 is 93.4 Å². The van der Waals surface area contributed by atoms with Gasteiger partial charge < -0.3 is 41.4 Å². The number of hydrogen-bond acceptors (Lipinski definition) is 16. The molecule has 20 nitrogen and oxygen atoms in total. The van der Waals surface area contributed by atoms with Crippen molar-refractivity contribution in [3.63, 3.8) is 0 Å². The number of hydrogen-bond donors (Lipinski definition) is 7. The van der Waals surface area contributed by atoms with Crippen LogP contribution in [-0.4, -0.2) is 141 Å². The molecule has 4 atom stereocenters. The molecule has 2 aromatic rings. The van der Waals surface area contributed by atoms with Crippen molar-refractivity contribution in [2.24, 2.45) is 10.6 Å². The van der Waals surface area contributed by atoms with Crippen molar-refractivity contribution in [2.45, 2.75) is 68.7 Å². The third-order valence-corrected chi connectivity index (χ3v) is 12.6. The van der Waals surface area contributed by atoms with E-state index in [9.17, 15) is 54.0 Å². The van der Waals surface area contributed by atoms with E-state index in [4.69, 9.17) is 15.7 Å². The SMILES string of the molecule is CCCC1(CN2C(=O)c3ccc(O)c(O)c3C2=O)CCN(CC2=C(C(=O)O)N3C(=O)[C@@H](NC(=O)/C(=N\O[C@@H](CC(=O)O)C(=O)O)c4csc(N)n4)[C@H]3S[C@H]2C)CC1. The van der Waals surface area contributed by atoms with Crippen LogP contribution in [0.4, 0.5) is 5.13 Å². The highest BCUT2D eigenvalue weighted by Gasteiger charge is 2.56. The molecule has 0 spiro atoms. The molecule has 1 aromatic heterocycles. The number of phenols is 2. The van der Waals surface area contributed by atoms with Gasteiger partial charge in [-0.25, -0.2) is 14.6 Å². The fraction of sp³-hybridized carbons (Fsp3) is 0.457. The van der Waals surface area contributed by atoms with Gasteiger partial charge >= 0.3 is 17.9 Å².